The van der Waals surface area contributed by atoms with E-state index in [0.29, 0.717) is 22.8 Å². The molecule has 2 aromatic heterocycles. The number of nitrogens with two attached hydrogens (primary N) is 1. The van der Waals surface area contributed by atoms with Crippen molar-refractivity contribution in [3.8, 4) is 0 Å². The van der Waals surface area contributed by atoms with Crippen LogP contribution in [0.3, 0.4) is 0 Å². The van der Waals surface area contributed by atoms with E-state index in [4.69, 9.17) is 5.73 Å². The maximum absolute atomic E-state index is 12.8. The Balaban J connectivity index is 1.44. The molecule has 12 nitrogen and oxygen atoms in total. The number of carboxylic acids is 1. The fourth-order valence-corrected chi connectivity index (χ4v) is 6.31. The van der Waals surface area contributed by atoms with Crippen LogP contribution in [0.1, 0.15) is 11.5 Å². The maximum Gasteiger partial charge on any atom is 0.353 e. The molecule has 0 aromatic carbocycles. The second kappa shape index (κ2) is 9.76. The Morgan fingerprint density at radius 2 is 2.21 bits per heavy atom. The Kier molecular flexibility index (Phi) is 6.80. The molecule has 0 bridgehead atoms. The number of β-lactam (4-membered cyclic amide) rings is 1. The van der Waals surface area contributed by atoms with Crippen molar-refractivity contribution in [2.24, 2.45) is 5.16 Å². The van der Waals surface area contributed by atoms with E-state index >= 15 is 0 Å². The predicted octanol–water partition coefficient (Wildman–Crippen LogP) is 0.366. The number of amides is 2. The van der Waals surface area contributed by atoms with Gasteiger partial charge >= 0.3 is 5.97 Å². The Morgan fingerprint density at radius 1 is 1.39 bits per heavy atom. The third kappa shape index (κ3) is 4.65. The fraction of sp³-hybridized carbons (Fsp3) is 0.278. The summed E-state index contributed by atoms with van der Waals surface area (Å²) in [6.45, 7) is 0. The minimum absolute atomic E-state index is 0.0785. The number of rotatable bonds is 8. The molecule has 2 amide bonds. The molecule has 2 aliphatic heterocycles. The number of nitrogen functional groups attached to an aromatic ring is 1. The number of thioether (sulfide) groups is 2. The summed E-state index contributed by atoms with van der Waals surface area (Å²) in [6.07, 6.45) is 2.35. The third-order valence-electron chi connectivity index (χ3n) is 4.75. The topological polar surface area (TPSA) is 184 Å². The molecule has 33 heavy (non-hydrogen) atoms. The Hall–Kier alpha value is -3.17. The molecule has 2 atom stereocenters. The molecule has 4 heterocycles. The van der Waals surface area contributed by atoms with E-state index < -0.39 is 34.9 Å². The number of hydrogen-bond acceptors (Lipinski definition) is 12. The number of aromatic nitrogens is 3. The summed E-state index contributed by atoms with van der Waals surface area (Å²) in [6, 6.07) is 4.62. The Labute approximate surface area is 199 Å². The number of carbonyl (C=O) groups excluding carboxylic acids is 2. The number of pyridine rings is 1. The standard InChI is InChI=1S/C18H17N7O5S3/c19-18-22-13(24-33-18)10(23-30)14(26)21-11-15(27)25-12(17(28)29)9(7-32-16(11)25)31-6-4-8-3-1-2-5-20-8/h1-3,5,11,16,30H,4,6-7H2,(H,21,26)(H,28,29)(H2,19,22,24)/b23-10-/t11-,16-/m1/s1. The van der Waals surface area contributed by atoms with Crippen molar-refractivity contribution < 1.29 is 24.7 Å². The van der Waals surface area contributed by atoms with Gasteiger partial charge in [0.2, 0.25) is 11.5 Å². The van der Waals surface area contributed by atoms with Gasteiger partial charge in [-0.1, -0.05) is 11.2 Å². The lowest BCUT2D eigenvalue weighted by Gasteiger charge is -2.49. The van der Waals surface area contributed by atoms with E-state index in [1.54, 1.807) is 6.20 Å². The van der Waals surface area contributed by atoms with Gasteiger partial charge in [-0.2, -0.15) is 9.36 Å². The van der Waals surface area contributed by atoms with Gasteiger partial charge in [0.1, 0.15) is 17.1 Å². The van der Waals surface area contributed by atoms with E-state index in [0.717, 1.165) is 17.2 Å². The smallest absolute Gasteiger partial charge is 0.353 e. The molecule has 0 spiro atoms. The van der Waals surface area contributed by atoms with Gasteiger partial charge in [0.25, 0.3) is 11.8 Å². The van der Waals surface area contributed by atoms with Crippen LogP contribution in [0.4, 0.5) is 5.13 Å². The van der Waals surface area contributed by atoms with E-state index in [1.165, 1.54) is 28.4 Å². The van der Waals surface area contributed by atoms with Crippen LogP contribution in [-0.4, -0.2) is 76.0 Å². The predicted molar refractivity (Wildman–Crippen MR) is 123 cm³/mol. The number of nitrogens with zero attached hydrogens (tertiary/aromatic N) is 5. The van der Waals surface area contributed by atoms with Crippen LogP contribution in [0.2, 0.25) is 0 Å². The van der Waals surface area contributed by atoms with Crippen LogP contribution < -0.4 is 11.1 Å². The molecule has 0 unspecified atom stereocenters. The van der Waals surface area contributed by atoms with E-state index in [9.17, 15) is 24.7 Å². The van der Waals surface area contributed by atoms with E-state index in [1.807, 2.05) is 18.2 Å². The van der Waals surface area contributed by atoms with Crippen LogP contribution in [0.25, 0.3) is 0 Å². The number of carboxylic acid groups (broad SMARTS) is 1. The highest BCUT2D eigenvalue weighted by Crippen LogP contribution is 2.43. The van der Waals surface area contributed by atoms with Crippen molar-refractivity contribution in [1.29, 1.82) is 0 Å². The molecular formula is C18H17N7O5S3. The van der Waals surface area contributed by atoms with Gasteiger partial charge in [-0.15, -0.1) is 23.5 Å². The summed E-state index contributed by atoms with van der Waals surface area (Å²) in [5.74, 6) is -1.83. The first kappa shape index (κ1) is 23.0. The zero-order valence-electron chi connectivity index (χ0n) is 16.7. The van der Waals surface area contributed by atoms with Gasteiger partial charge in [-0.05, 0) is 18.6 Å². The van der Waals surface area contributed by atoms with Crippen molar-refractivity contribution in [3.63, 3.8) is 0 Å². The molecule has 5 N–H and O–H groups in total. The highest BCUT2D eigenvalue weighted by atomic mass is 32.2. The van der Waals surface area contributed by atoms with Crippen molar-refractivity contribution >= 4 is 63.7 Å². The van der Waals surface area contributed by atoms with Crippen molar-refractivity contribution in [1.82, 2.24) is 24.6 Å². The lowest BCUT2D eigenvalue weighted by molar-refractivity contribution is -0.150. The largest absolute Gasteiger partial charge is 0.477 e. The number of carbonyl (C=O) groups is 3. The number of anilines is 1. The summed E-state index contributed by atoms with van der Waals surface area (Å²) < 4.78 is 3.82. The number of nitrogens with one attached hydrogen (secondary N) is 1. The maximum atomic E-state index is 12.8. The molecule has 2 aliphatic rings. The highest BCUT2D eigenvalue weighted by molar-refractivity contribution is 8.06. The third-order valence-corrected chi connectivity index (χ3v) is 7.85. The number of aryl methyl sites for hydroxylation is 1. The summed E-state index contributed by atoms with van der Waals surface area (Å²) >= 11 is 3.53. The second-order valence-electron chi connectivity index (χ2n) is 6.76. The SMILES string of the molecule is Nc1nc(/C(=N/O)C(=O)N[C@@H]2C(=O)N3C(C(=O)O)=C(SCCc4ccccn4)CS[C@H]23)ns1. The summed E-state index contributed by atoms with van der Waals surface area (Å²) in [4.78, 5) is 47.0. The zero-order valence-corrected chi connectivity index (χ0v) is 19.2. The van der Waals surface area contributed by atoms with Crippen LogP contribution in [0, 0.1) is 0 Å². The molecule has 1 saturated heterocycles. The summed E-state index contributed by atoms with van der Waals surface area (Å²) in [7, 11) is 0. The molecular weight excluding hydrogens is 490 g/mol. The normalized spacial score (nSPS) is 20.3. The average molecular weight is 508 g/mol. The Bertz CT molecular complexity index is 1150. The van der Waals surface area contributed by atoms with Crippen LogP contribution in [0.5, 0.6) is 0 Å². The Morgan fingerprint density at radius 3 is 2.85 bits per heavy atom. The van der Waals surface area contributed by atoms with Crippen LogP contribution >= 0.6 is 35.1 Å². The van der Waals surface area contributed by atoms with Gasteiger partial charge in [0.05, 0.1) is 0 Å². The number of oxime groups is 1. The van der Waals surface area contributed by atoms with Gasteiger partial charge < -0.3 is 21.4 Å². The zero-order chi connectivity index (χ0) is 23.5. The van der Waals surface area contributed by atoms with Crippen LogP contribution in [-0.2, 0) is 20.8 Å². The van der Waals surface area contributed by atoms with Gasteiger partial charge in [-0.3, -0.25) is 19.5 Å². The molecule has 15 heteroatoms. The van der Waals surface area contributed by atoms with E-state index in [-0.39, 0.29) is 16.7 Å². The van der Waals surface area contributed by atoms with Crippen molar-refractivity contribution in [3.05, 3.63) is 46.5 Å². The molecule has 1 fully saturated rings. The number of aliphatic carboxylic acids is 1. The minimum Gasteiger partial charge on any atom is -0.477 e. The first-order valence-electron chi connectivity index (χ1n) is 9.47. The van der Waals surface area contributed by atoms with Crippen molar-refractivity contribution in [2.45, 2.75) is 17.8 Å². The summed E-state index contributed by atoms with van der Waals surface area (Å²) in [5, 5.41) is 23.8. The van der Waals surface area contributed by atoms with E-state index in [2.05, 4.69) is 24.8 Å². The summed E-state index contributed by atoms with van der Waals surface area (Å²) in [5.41, 5.74) is 5.81. The molecule has 0 saturated carbocycles. The molecule has 0 radical (unpaired) electrons. The minimum atomic E-state index is -1.21. The van der Waals surface area contributed by atoms with Gasteiger partial charge in [0.15, 0.2) is 5.13 Å². The lowest BCUT2D eigenvalue weighted by atomic mass is 10.0. The first-order valence-corrected chi connectivity index (χ1v) is 12.3. The van der Waals surface area contributed by atoms with Gasteiger partial charge in [0, 0.05) is 39.8 Å². The monoisotopic (exact) mass is 507 g/mol. The number of fused-ring (bicyclic) bond motifs is 1. The number of hydrogen-bond donors (Lipinski definition) is 4. The van der Waals surface area contributed by atoms with Crippen LogP contribution in [0.15, 0.2) is 40.2 Å². The molecule has 2 aromatic rings. The van der Waals surface area contributed by atoms with Crippen molar-refractivity contribution in [2.75, 3.05) is 17.2 Å². The average Bonchev–Trinajstić information content (AvgIpc) is 3.23. The molecule has 0 aliphatic carbocycles. The van der Waals surface area contributed by atoms with Gasteiger partial charge in [-0.25, -0.2) is 4.79 Å². The first-order chi connectivity index (χ1) is 15.9. The fourth-order valence-electron chi connectivity index (χ4n) is 3.26. The second-order valence-corrected chi connectivity index (χ2v) is 9.84. The molecule has 172 valence electrons. The quantitative estimate of drug-likeness (QED) is 0.167. The molecule has 4 rings (SSSR count). The lowest BCUT2D eigenvalue weighted by Crippen LogP contribution is -2.71. The highest BCUT2D eigenvalue weighted by Gasteiger charge is 2.54.